The first-order valence-corrected chi connectivity index (χ1v) is 12.8. The standard InChI is InChI=1S/C34H27N3/c1-5-11-23-27(6-2)37(28-16-9-15-26-32(28)33-21(20-36-26)12-10-19-35-33)29-18-17-25-30(31(23)29)22-13-7-8-14-24(22)34(25,3)4/h5-20H,2H2,1,3-4H3/b11-5-. The van der Waals surface area contributed by atoms with Gasteiger partial charge in [-0.15, -0.1) is 0 Å². The molecule has 0 bridgehead atoms. The molecular formula is C34H27N3. The highest BCUT2D eigenvalue weighted by Gasteiger charge is 2.37. The monoisotopic (exact) mass is 477 g/mol. The average Bonchev–Trinajstić information content (AvgIpc) is 3.37. The molecular weight excluding hydrogens is 450 g/mol. The Labute approximate surface area is 216 Å². The van der Waals surface area contributed by atoms with Crippen LogP contribution in [-0.4, -0.2) is 14.5 Å². The maximum absolute atomic E-state index is 4.79. The first kappa shape index (κ1) is 21.8. The zero-order valence-electron chi connectivity index (χ0n) is 21.3. The second-order valence-electron chi connectivity index (χ2n) is 10.3. The van der Waals surface area contributed by atoms with E-state index < -0.39 is 0 Å². The highest BCUT2D eigenvalue weighted by atomic mass is 15.0. The Balaban J connectivity index is 1.70. The molecule has 7 rings (SSSR count). The topological polar surface area (TPSA) is 30.7 Å². The summed E-state index contributed by atoms with van der Waals surface area (Å²) in [5.41, 5.74) is 11.7. The molecule has 0 amide bonds. The van der Waals surface area contributed by atoms with E-state index in [1.165, 1.54) is 33.2 Å². The third-order valence-electron chi connectivity index (χ3n) is 7.96. The number of hydrogen-bond acceptors (Lipinski definition) is 2. The molecule has 0 fully saturated rings. The van der Waals surface area contributed by atoms with Crippen molar-refractivity contribution < 1.29 is 0 Å². The van der Waals surface area contributed by atoms with Crippen LogP contribution in [0.3, 0.4) is 0 Å². The van der Waals surface area contributed by atoms with Crippen LogP contribution in [0.2, 0.25) is 0 Å². The normalized spacial score (nSPS) is 14.0. The lowest BCUT2D eigenvalue weighted by Crippen LogP contribution is -2.14. The summed E-state index contributed by atoms with van der Waals surface area (Å²) in [6.45, 7) is 11.0. The van der Waals surface area contributed by atoms with Crippen molar-refractivity contribution in [2.75, 3.05) is 0 Å². The second kappa shape index (κ2) is 7.75. The maximum Gasteiger partial charge on any atom is 0.0832 e. The zero-order chi connectivity index (χ0) is 25.3. The number of rotatable bonds is 3. The molecule has 37 heavy (non-hydrogen) atoms. The molecule has 6 aromatic rings. The van der Waals surface area contributed by atoms with Gasteiger partial charge < -0.3 is 4.57 Å². The van der Waals surface area contributed by atoms with Gasteiger partial charge in [-0.25, -0.2) is 0 Å². The van der Waals surface area contributed by atoms with Crippen molar-refractivity contribution in [2.45, 2.75) is 26.2 Å². The number of nitrogens with zero attached hydrogens (tertiary/aromatic N) is 3. The van der Waals surface area contributed by atoms with E-state index in [1.54, 1.807) is 0 Å². The third kappa shape index (κ3) is 2.83. The molecule has 1 aliphatic carbocycles. The largest absolute Gasteiger partial charge is 0.308 e. The fourth-order valence-corrected chi connectivity index (χ4v) is 6.35. The Morgan fingerprint density at radius 2 is 1.73 bits per heavy atom. The van der Waals surface area contributed by atoms with Crippen molar-refractivity contribution in [3.05, 3.63) is 114 Å². The molecule has 0 aliphatic heterocycles. The maximum atomic E-state index is 4.79. The lowest BCUT2D eigenvalue weighted by Gasteiger charge is -2.21. The second-order valence-corrected chi connectivity index (χ2v) is 10.3. The van der Waals surface area contributed by atoms with Crippen LogP contribution in [0.15, 0.2) is 91.8 Å². The lowest BCUT2D eigenvalue weighted by atomic mass is 9.82. The van der Waals surface area contributed by atoms with Crippen molar-refractivity contribution in [1.29, 1.82) is 0 Å². The van der Waals surface area contributed by atoms with Crippen LogP contribution in [0.25, 0.3) is 61.7 Å². The van der Waals surface area contributed by atoms with Crippen LogP contribution in [0.1, 0.15) is 43.2 Å². The Morgan fingerprint density at radius 3 is 2.57 bits per heavy atom. The van der Waals surface area contributed by atoms with Crippen LogP contribution in [0.4, 0.5) is 0 Å². The predicted octanol–water partition coefficient (Wildman–Crippen LogP) is 8.71. The van der Waals surface area contributed by atoms with Gasteiger partial charge in [0.2, 0.25) is 0 Å². The molecule has 1 aliphatic rings. The summed E-state index contributed by atoms with van der Waals surface area (Å²) in [5, 5.41) is 3.35. The number of hydrogen-bond donors (Lipinski definition) is 0. The molecule has 0 spiro atoms. The number of allylic oxidation sites excluding steroid dienone is 1. The van der Waals surface area contributed by atoms with E-state index in [2.05, 4.69) is 105 Å². The lowest BCUT2D eigenvalue weighted by molar-refractivity contribution is 0.661. The first-order chi connectivity index (χ1) is 18.1. The van der Waals surface area contributed by atoms with Crippen LogP contribution in [-0.2, 0) is 5.41 Å². The highest BCUT2D eigenvalue weighted by Crippen LogP contribution is 2.53. The molecule has 0 saturated heterocycles. The molecule has 3 aromatic heterocycles. The molecule has 3 heterocycles. The summed E-state index contributed by atoms with van der Waals surface area (Å²) in [6, 6.07) is 23.8. The molecule has 178 valence electrons. The van der Waals surface area contributed by atoms with Crippen LogP contribution in [0, 0.1) is 0 Å². The summed E-state index contributed by atoms with van der Waals surface area (Å²) >= 11 is 0. The average molecular weight is 478 g/mol. The van der Waals surface area contributed by atoms with Crippen molar-refractivity contribution in [1.82, 2.24) is 14.5 Å². The van der Waals surface area contributed by atoms with Gasteiger partial charge in [0.15, 0.2) is 0 Å². The fourth-order valence-electron chi connectivity index (χ4n) is 6.35. The quantitative estimate of drug-likeness (QED) is 0.239. The Bertz CT molecular complexity index is 1930. The van der Waals surface area contributed by atoms with E-state index >= 15 is 0 Å². The molecule has 3 heteroatoms. The summed E-state index contributed by atoms with van der Waals surface area (Å²) < 4.78 is 2.35. The van der Waals surface area contributed by atoms with E-state index in [0.717, 1.165) is 38.7 Å². The molecule has 0 N–H and O–H groups in total. The van der Waals surface area contributed by atoms with Gasteiger partial charge in [0.05, 0.1) is 33.3 Å². The van der Waals surface area contributed by atoms with Gasteiger partial charge in [-0.05, 0) is 65.6 Å². The number of fused-ring (bicyclic) bond motifs is 8. The fraction of sp³-hybridized carbons (Fsp3) is 0.118. The van der Waals surface area contributed by atoms with E-state index in [-0.39, 0.29) is 5.41 Å². The molecule has 0 atom stereocenters. The van der Waals surface area contributed by atoms with Crippen molar-refractivity contribution in [3.63, 3.8) is 0 Å². The molecule has 0 unspecified atom stereocenters. The van der Waals surface area contributed by atoms with Crippen molar-refractivity contribution in [2.24, 2.45) is 0 Å². The van der Waals surface area contributed by atoms with Gasteiger partial charge in [0.25, 0.3) is 0 Å². The minimum atomic E-state index is -0.0623. The van der Waals surface area contributed by atoms with E-state index in [4.69, 9.17) is 9.97 Å². The minimum absolute atomic E-state index is 0.0623. The molecule has 3 nitrogen and oxygen atoms in total. The zero-order valence-corrected chi connectivity index (χ0v) is 21.3. The van der Waals surface area contributed by atoms with Gasteiger partial charge in [0, 0.05) is 34.1 Å². The molecule has 3 aromatic carbocycles. The van der Waals surface area contributed by atoms with Crippen molar-refractivity contribution >= 4 is 44.9 Å². The van der Waals surface area contributed by atoms with Crippen LogP contribution >= 0.6 is 0 Å². The van der Waals surface area contributed by atoms with Crippen molar-refractivity contribution in [3.8, 4) is 16.8 Å². The third-order valence-corrected chi connectivity index (χ3v) is 7.96. The minimum Gasteiger partial charge on any atom is -0.308 e. The van der Waals surface area contributed by atoms with Gasteiger partial charge in [0.1, 0.15) is 0 Å². The summed E-state index contributed by atoms with van der Waals surface area (Å²) in [7, 11) is 0. The van der Waals surface area contributed by atoms with Crippen LogP contribution in [0.5, 0.6) is 0 Å². The molecule has 0 radical (unpaired) electrons. The van der Waals surface area contributed by atoms with Gasteiger partial charge in [-0.1, -0.05) is 69.0 Å². The summed E-state index contributed by atoms with van der Waals surface area (Å²) in [5.74, 6) is 0. The van der Waals surface area contributed by atoms with Crippen LogP contribution < -0.4 is 0 Å². The molecule has 0 saturated carbocycles. The Kier molecular flexibility index (Phi) is 4.56. The predicted molar refractivity (Wildman–Crippen MR) is 156 cm³/mol. The van der Waals surface area contributed by atoms with E-state index in [1.807, 2.05) is 24.5 Å². The van der Waals surface area contributed by atoms with E-state index in [0.29, 0.717) is 0 Å². The summed E-state index contributed by atoms with van der Waals surface area (Å²) in [4.78, 5) is 9.58. The SMILES string of the molecule is C=Cc1c(/C=C\C)c2c3c(ccc2n1-c1cccc2ncc4cccnc4c12)C(C)(C)c1ccccc1-3. The number of pyridine rings is 2. The first-order valence-electron chi connectivity index (χ1n) is 12.8. The Hall–Kier alpha value is -4.50. The van der Waals surface area contributed by atoms with Gasteiger partial charge in [-0.2, -0.15) is 0 Å². The summed E-state index contributed by atoms with van der Waals surface area (Å²) in [6.07, 6.45) is 10.1. The van der Waals surface area contributed by atoms with Gasteiger partial charge in [-0.3, -0.25) is 9.97 Å². The smallest absolute Gasteiger partial charge is 0.0832 e. The van der Waals surface area contributed by atoms with Gasteiger partial charge >= 0.3 is 0 Å². The Morgan fingerprint density at radius 1 is 0.865 bits per heavy atom. The number of benzene rings is 3. The highest BCUT2D eigenvalue weighted by molar-refractivity contribution is 6.12. The van der Waals surface area contributed by atoms with E-state index in [9.17, 15) is 0 Å². The number of aromatic nitrogens is 3.